The minimum atomic E-state index is -3.54. The number of ether oxygens (including phenoxy) is 1. The fourth-order valence-electron chi connectivity index (χ4n) is 3.32. The predicted octanol–water partition coefficient (Wildman–Crippen LogP) is 3.00. The van der Waals surface area contributed by atoms with Crippen LogP contribution in [0.3, 0.4) is 0 Å². The molecule has 3 rings (SSSR count). The van der Waals surface area contributed by atoms with Crippen LogP contribution in [-0.4, -0.2) is 56.6 Å². The molecule has 2 amide bonds. The highest BCUT2D eigenvalue weighted by Gasteiger charge is 2.30. The van der Waals surface area contributed by atoms with Gasteiger partial charge >= 0.3 is 6.03 Å². The Morgan fingerprint density at radius 3 is 2.23 bits per heavy atom. The fraction of sp³-hybridized carbons (Fsp3) is 0.409. The number of nitrogens with zero attached hydrogens (tertiary/aromatic N) is 2. The number of rotatable bonds is 7. The number of benzene rings is 2. The Morgan fingerprint density at radius 1 is 1.00 bits per heavy atom. The molecule has 1 aliphatic heterocycles. The summed E-state index contributed by atoms with van der Waals surface area (Å²) < 4.78 is 32.5. The van der Waals surface area contributed by atoms with Gasteiger partial charge in [-0.1, -0.05) is 43.2 Å². The Kier molecular flexibility index (Phi) is 7.33. The van der Waals surface area contributed by atoms with E-state index in [0.717, 1.165) is 18.4 Å². The average Bonchev–Trinajstić information content (AvgIpc) is 2.75. The van der Waals surface area contributed by atoms with E-state index in [-0.39, 0.29) is 30.7 Å². The van der Waals surface area contributed by atoms with Gasteiger partial charge in [-0.25, -0.2) is 13.2 Å². The monoisotopic (exact) mass is 431 g/mol. The second-order valence-electron chi connectivity index (χ2n) is 7.37. The van der Waals surface area contributed by atoms with Crippen LogP contribution < -0.4 is 10.1 Å². The Morgan fingerprint density at radius 2 is 1.63 bits per heavy atom. The molecule has 0 atom stereocenters. The van der Waals surface area contributed by atoms with Crippen molar-refractivity contribution < 1.29 is 17.9 Å². The number of hydrogen-bond donors (Lipinski definition) is 1. The summed E-state index contributed by atoms with van der Waals surface area (Å²) in [7, 11) is -3.54. The van der Waals surface area contributed by atoms with E-state index < -0.39 is 10.0 Å². The lowest BCUT2D eigenvalue weighted by Crippen LogP contribution is -2.53. The van der Waals surface area contributed by atoms with Gasteiger partial charge in [0.25, 0.3) is 0 Å². The summed E-state index contributed by atoms with van der Waals surface area (Å²) in [5.41, 5.74) is 2.27. The normalized spacial score (nSPS) is 15.1. The molecule has 1 N–H and O–H groups in total. The van der Waals surface area contributed by atoms with Gasteiger partial charge in [0.05, 0.1) is 4.90 Å². The second-order valence-corrected chi connectivity index (χ2v) is 9.31. The number of sulfonamides is 1. The first kappa shape index (κ1) is 22.1. The fourth-order valence-corrected chi connectivity index (χ4v) is 4.75. The molecule has 0 saturated carbocycles. The van der Waals surface area contributed by atoms with Crippen molar-refractivity contribution in [3.05, 3.63) is 59.7 Å². The van der Waals surface area contributed by atoms with Crippen LogP contribution in [0.2, 0.25) is 0 Å². The van der Waals surface area contributed by atoms with Crippen molar-refractivity contribution in [2.24, 2.45) is 0 Å². The molecule has 0 aliphatic carbocycles. The number of carbonyl (C=O) groups excluding carboxylic acids is 1. The molecule has 1 fully saturated rings. The molecule has 0 aromatic heterocycles. The SMILES string of the molecule is CCCc1ccc(OCNC(=O)N2CCN(S(=O)(=O)c3ccc(C)cc3)CC2)cc1. The van der Waals surface area contributed by atoms with Crippen molar-refractivity contribution in [2.75, 3.05) is 32.9 Å². The van der Waals surface area contributed by atoms with Gasteiger partial charge in [-0.05, 0) is 43.2 Å². The average molecular weight is 432 g/mol. The second kappa shape index (κ2) is 9.95. The maximum absolute atomic E-state index is 12.8. The summed E-state index contributed by atoms with van der Waals surface area (Å²) in [6, 6.07) is 14.4. The third-order valence-corrected chi connectivity index (χ3v) is 7.02. The molecule has 0 spiro atoms. The molecule has 30 heavy (non-hydrogen) atoms. The maximum atomic E-state index is 12.8. The first-order valence-electron chi connectivity index (χ1n) is 10.2. The molecule has 2 aromatic carbocycles. The van der Waals surface area contributed by atoms with E-state index in [9.17, 15) is 13.2 Å². The zero-order valence-electron chi connectivity index (χ0n) is 17.5. The largest absolute Gasteiger partial charge is 0.473 e. The van der Waals surface area contributed by atoms with E-state index in [2.05, 4.69) is 12.2 Å². The van der Waals surface area contributed by atoms with Crippen LogP contribution in [0, 0.1) is 6.92 Å². The van der Waals surface area contributed by atoms with Crippen molar-refractivity contribution in [3.63, 3.8) is 0 Å². The summed E-state index contributed by atoms with van der Waals surface area (Å²) in [5.74, 6) is 0.698. The number of carbonyl (C=O) groups is 1. The first-order chi connectivity index (χ1) is 14.4. The van der Waals surface area contributed by atoms with Crippen LogP contribution in [0.25, 0.3) is 0 Å². The molecule has 1 saturated heterocycles. The van der Waals surface area contributed by atoms with Crippen LogP contribution in [0.5, 0.6) is 5.75 Å². The van der Waals surface area contributed by atoms with Crippen LogP contribution in [0.1, 0.15) is 24.5 Å². The molecular formula is C22H29N3O4S. The summed E-state index contributed by atoms with van der Waals surface area (Å²) in [5, 5.41) is 2.73. The van der Waals surface area contributed by atoms with Gasteiger partial charge in [-0.3, -0.25) is 0 Å². The molecule has 7 nitrogen and oxygen atoms in total. The van der Waals surface area contributed by atoms with E-state index in [1.54, 1.807) is 29.2 Å². The Balaban J connectivity index is 1.45. The van der Waals surface area contributed by atoms with E-state index in [1.165, 1.54) is 9.87 Å². The Hall–Kier alpha value is -2.58. The molecule has 0 radical (unpaired) electrons. The smallest absolute Gasteiger partial charge is 0.320 e. The van der Waals surface area contributed by atoms with Crippen molar-refractivity contribution in [2.45, 2.75) is 31.6 Å². The minimum absolute atomic E-state index is 0.0633. The number of urea groups is 1. The number of hydrogen-bond acceptors (Lipinski definition) is 4. The zero-order valence-corrected chi connectivity index (χ0v) is 18.3. The van der Waals surface area contributed by atoms with E-state index in [4.69, 9.17) is 4.74 Å². The molecular weight excluding hydrogens is 402 g/mol. The van der Waals surface area contributed by atoms with E-state index in [1.807, 2.05) is 31.2 Å². The molecule has 0 unspecified atom stereocenters. The molecule has 1 heterocycles. The lowest BCUT2D eigenvalue weighted by Gasteiger charge is -2.33. The third-order valence-electron chi connectivity index (χ3n) is 5.11. The highest BCUT2D eigenvalue weighted by Crippen LogP contribution is 2.18. The number of aryl methyl sites for hydroxylation is 2. The minimum Gasteiger partial charge on any atom is -0.473 e. The van der Waals surface area contributed by atoms with Gasteiger partial charge < -0.3 is 15.0 Å². The van der Waals surface area contributed by atoms with Gasteiger partial charge in [0.2, 0.25) is 10.0 Å². The van der Waals surface area contributed by atoms with Crippen LogP contribution in [0.15, 0.2) is 53.4 Å². The van der Waals surface area contributed by atoms with Crippen molar-refractivity contribution in [1.82, 2.24) is 14.5 Å². The number of nitrogens with one attached hydrogen (secondary N) is 1. The predicted molar refractivity (Wildman–Crippen MR) is 116 cm³/mol. The summed E-state index contributed by atoms with van der Waals surface area (Å²) in [4.78, 5) is 14.2. The quantitative estimate of drug-likeness (QED) is 0.684. The van der Waals surface area contributed by atoms with Crippen LogP contribution in [-0.2, 0) is 16.4 Å². The van der Waals surface area contributed by atoms with E-state index in [0.29, 0.717) is 18.8 Å². The summed E-state index contributed by atoms with van der Waals surface area (Å²) >= 11 is 0. The molecule has 2 aromatic rings. The van der Waals surface area contributed by atoms with Crippen molar-refractivity contribution >= 4 is 16.1 Å². The molecule has 162 valence electrons. The van der Waals surface area contributed by atoms with Gasteiger partial charge in [0.1, 0.15) is 5.75 Å². The molecule has 8 heteroatoms. The third kappa shape index (κ3) is 5.52. The van der Waals surface area contributed by atoms with Crippen molar-refractivity contribution in [1.29, 1.82) is 0 Å². The van der Waals surface area contributed by atoms with E-state index >= 15 is 0 Å². The molecule has 1 aliphatic rings. The highest BCUT2D eigenvalue weighted by atomic mass is 32.2. The maximum Gasteiger partial charge on any atom is 0.320 e. The van der Waals surface area contributed by atoms with Gasteiger partial charge in [0.15, 0.2) is 6.73 Å². The number of piperazine rings is 1. The van der Waals surface area contributed by atoms with Gasteiger partial charge in [-0.15, -0.1) is 0 Å². The van der Waals surface area contributed by atoms with Gasteiger partial charge in [0, 0.05) is 26.2 Å². The Labute approximate surface area is 178 Å². The topological polar surface area (TPSA) is 79.0 Å². The zero-order chi connectivity index (χ0) is 21.6. The Bertz CT molecular complexity index is 935. The molecule has 0 bridgehead atoms. The highest BCUT2D eigenvalue weighted by molar-refractivity contribution is 7.89. The summed E-state index contributed by atoms with van der Waals surface area (Å²) in [6.45, 7) is 5.32. The summed E-state index contributed by atoms with van der Waals surface area (Å²) in [6.07, 6.45) is 2.12. The lowest BCUT2D eigenvalue weighted by molar-refractivity contribution is 0.162. The van der Waals surface area contributed by atoms with Gasteiger partial charge in [-0.2, -0.15) is 4.31 Å². The standard InChI is InChI=1S/C22H29N3O4S/c1-3-4-19-7-9-20(10-8-19)29-17-23-22(26)24-13-15-25(16-14-24)30(27,28)21-11-5-18(2)6-12-21/h5-12H,3-4,13-17H2,1-2H3,(H,23,26). The van der Waals surface area contributed by atoms with Crippen LogP contribution in [0.4, 0.5) is 4.79 Å². The van der Waals surface area contributed by atoms with Crippen LogP contribution >= 0.6 is 0 Å². The first-order valence-corrected chi connectivity index (χ1v) is 11.7. The number of amides is 2. The van der Waals surface area contributed by atoms with Crippen molar-refractivity contribution in [3.8, 4) is 5.75 Å². The lowest BCUT2D eigenvalue weighted by atomic mass is 10.1.